The quantitative estimate of drug-likeness (QED) is 0.658. The molecule has 2 rings (SSSR count). The molecule has 0 radical (unpaired) electrons. The Hall–Kier alpha value is -2.89. The minimum absolute atomic E-state index is 0.0522. The van der Waals surface area contributed by atoms with Crippen LogP contribution in [0.15, 0.2) is 16.9 Å². The zero-order valence-corrected chi connectivity index (χ0v) is 15.9. The molecule has 27 heavy (non-hydrogen) atoms. The molecule has 0 aromatic carbocycles. The number of rotatable bonds is 5. The number of nitrogen functional groups attached to an aromatic ring is 1. The highest BCUT2D eigenvalue weighted by Crippen LogP contribution is 2.18. The third-order valence-electron chi connectivity index (χ3n) is 4.31. The first-order valence-electron chi connectivity index (χ1n) is 8.61. The van der Waals surface area contributed by atoms with Crippen molar-refractivity contribution in [2.45, 2.75) is 32.4 Å². The first-order valence-corrected chi connectivity index (χ1v) is 8.61. The van der Waals surface area contributed by atoms with Crippen LogP contribution in [0.3, 0.4) is 0 Å². The maximum atomic E-state index is 12.7. The van der Waals surface area contributed by atoms with Gasteiger partial charge in [0.15, 0.2) is 0 Å². The van der Waals surface area contributed by atoms with E-state index in [1.807, 2.05) is 6.92 Å². The normalized spacial score (nSPS) is 12.9. The number of methoxy groups -OCH3 is 1. The second kappa shape index (κ2) is 8.20. The van der Waals surface area contributed by atoms with Crippen LogP contribution in [0.25, 0.3) is 11.0 Å². The molecule has 144 valence electrons. The highest BCUT2D eigenvalue weighted by Gasteiger charge is 2.22. The molecule has 2 heterocycles. The van der Waals surface area contributed by atoms with Gasteiger partial charge in [-0.1, -0.05) is 12.8 Å². The number of aromatic nitrogens is 2. The molecule has 0 aliphatic rings. The lowest BCUT2D eigenvalue weighted by Gasteiger charge is -2.18. The van der Waals surface area contributed by atoms with Crippen LogP contribution in [-0.2, 0) is 11.3 Å². The van der Waals surface area contributed by atoms with Gasteiger partial charge in [-0.05, 0) is 31.4 Å². The molecule has 0 fully saturated rings. The number of carbonyl (C=O) groups is 1. The van der Waals surface area contributed by atoms with Gasteiger partial charge in [0.05, 0.1) is 12.0 Å². The maximum absolute atomic E-state index is 12.7. The van der Waals surface area contributed by atoms with Crippen LogP contribution in [0, 0.1) is 11.8 Å². The molecule has 0 aliphatic heterocycles. The fraction of sp³-hybridized carbons (Fsp3) is 0.421. The number of pyridine rings is 2. The fourth-order valence-corrected chi connectivity index (χ4v) is 2.71. The van der Waals surface area contributed by atoms with Gasteiger partial charge in [0, 0.05) is 20.7 Å². The van der Waals surface area contributed by atoms with Gasteiger partial charge in [0.25, 0.3) is 5.91 Å². The van der Waals surface area contributed by atoms with Crippen LogP contribution in [0.5, 0.6) is 0 Å². The molecule has 1 amide bonds. The van der Waals surface area contributed by atoms with Crippen molar-refractivity contribution in [1.29, 1.82) is 0 Å². The number of aliphatic hydroxyl groups is 1. The number of ether oxygens (including phenoxy) is 1. The Balaban J connectivity index is 2.68. The molecule has 1 unspecified atom stereocenters. The van der Waals surface area contributed by atoms with E-state index in [2.05, 4.69) is 22.1 Å². The van der Waals surface area contributed by atoms with E-state index in [0.717, 1.165) is 0 Å². The van der Waals surface area contributed by atoms with Gasteiger partial charge in [0.1, 0.15) is 28.3 Å². The Morgan fingerprint density at radius 3 is 2.70 bits per heavy atom. The van der Waals surface area contributed by atoms with Gasteiger partial charge in [-0.2, -0.15) is 0 Å². The van der Waals surface area contributed by atoms with Crippen molar-refractivity contribution in [1.82, 2.24) is 14.9 Å². The Morgan fingerprint density at radius 2 is 2.15 bits per heavy atom. The van der Waals surface area contributed by atoms with E-state index in [4.69, 9.17) is 10.5 Å². The smallest absolute Gasteiger partial charge is 0.258 e. The van der Waals surface area contributed by atoms with Crippen LogP contribution in [0.2, 0.25) is 0 Å². The highest BCUT2D eigenvalue weighted by atomic mass is 16.5. The van der Waals surface area contributed by atoms with Crippen LogP contribution < -0.4 is 16.5 Å². The summed E-state index contributed by atoms with van der Waals surface area (Å²) in [6, 6.07) is 3.14. The summed E-state index contributed by atoms with van der Waals surface area (Å²) in [6.07, 6.45) is 0.392. The molecule has 0 spiro atoms. The number of carbonyl (C=O) groups excluding carboxylic acids is 1. The molecule has 2 aromatic rings. The number of hydrogen-bond acceptors (Lipinski definition) is 6. The molecular formula is C19H24N4O4. The molecule has 8 nitrogen and oxygen atoms in total. The zero-order valence-electron chi connectivity index (χ0n) is 15.9. The predicted octanol–water partition coefficient (Wildman–Crippen LogP) is 0.497. The summed E-state index contributed by atoms with van der Waals surface area (Å²) in [5.41, 5.74) is 4.91. The first kappa shape index (κ1) is 20.4. The van der Waals surface area contributed by atoms with Crippen molar-refractivity contribution in [3.63, 3.8) is 0 Å². The number of aryl methyl sites for hydroxylation is 1. The van der Waals surface area contributed by atoms with E-state index >= 15 is 0 Å². The van der Waals surface area contributed by atoms with Crippen molar-refractivity contribution >= 4 is 22.8 Å². The van der Waals surface area contributed by atoms with E-state index in [1.54, 1.807) is 23.6 Å². The standard InChI is InChI=1S/C19H24N4O4/c1-5-19(26,11-27-4)10-9-12-7-8-13-15(24)14(18(25)21-3)16(20)23(6-2)17(13)22-12/h7-8,26H,5-6,11,20H2,1-4H3,(H,21,25). The SMILES string of the molecule is CCn1c(N)c(C(=O)NC)c(=O)c2ccc(C#CC(O)(CC)COC)nc21. The molecule has 0 bridgehead atoms. The summed E-state index contributed by atoms with van der Waals surface area (Å²) in [7, 11) is 2.93. The van der Waals surface area contributed by atoms with E-state index in [9.17, 15) is 14.7 Å². The second-order valence-electron chi connectivity index (χ2n) is 6.05. The molecule has 0 saturated carbocycles. The van der Waals surface area contributed by atoms with E-state index in [-0.39, 0.29) is 23.4 Å². The Kier molecular flexibility index (Phi) is 6.20. The average Bonchev–Trinajstić information content (AvgIpc) is 2.66. The number of amides is 1. The van der Waals surface area contributed by atoms with Crippen molar-refractivity contribution in [2.24, 2.45) is 0 Å². The molecule has 0 aliphatic carbocycles. The number of nitrogens with two attached hydrogens (primary N) is 1. The predicted molar refractivity (Wildman–Crippen MR) is 103 cm³/mol. The summed E-state index contributed by atoms with van der Waals surface area (Å²) in [5.74, 6) is 5.10. The number of nitrogens with one attached hydrogen (secondary N) is 1. The minimum Gasteiger partial charge on any atom is -0.384 e. The number of anilines is 1. The Labute approximate surface area is 157 Å². The minimum atomic E-state index is -1.28. The second-order valence-corrected chi connectivity index (χ2v) is 6.05. The van der Waals surface area contributed by atoms with Gasteiger partial charge in [-0.15, -0.1) is 0 Å². The molecule has 8 heteroatoms. The van der Waals surface area contributed by atoms with Gasteiger partial charge < -0.3 is 25.5 Å². The highest BCUT2D eigenvalue weighted by molar-refractivity contribution is 6.01. The maximum Gasteiger partial charge on any atom is 0.258 e. The van der Waals surface area contributed by atoms with Crippen LogP contribution in [-0.4, -0.2) is 46.9 Å². The zero-order chi connectivity index (χ0) is 20.2. The van der Waals surface area contributed by atoms with Crippen molar-refractivity contribution in [3.8, 4) is 11.8 Å². The van der Waals surface area contributed by atoms with Gasteiger partial charge in [-0.3, -0.25) is 9.59 Å². The third kappa shape index (κ3) is 3.94. The lowest BCUT2D eigenvalue weighted by atomic mass is 10.0. The summed E-state index contributed by atoms with van der Waals surface area (Å²) in [4.78, 5) is 29.2. The van der Waals surface area contributed by atoms with Crippen molar-refractivity contribution in [3.05, 3.63) is 33.6 Å². The third-order valence-corrected chi connectivity index (χ3v) is 4.31. The van der Waals surface area contributed by atoms with E-state index in [1.165, 1.54) is 14.2 Å². The summed E-state index contributed by atoms with van der Waals surface area (Å²) >= 11 is 0. The fourth-order valence-electron chi connectivity index (χ4n) is 2.71. The summed E-state index contributed by atoms with van der Waals surface area (Å²) in [5, 5.41) is 13.1. The van der Waals surface area contributed by atoms with Gasteiger partial charge in [0.2, 0.25) is 5.43 Å². The number of hydrogen-bond donors (Lipinski definition) is 3. The van der Waals surface area contributed by atoms with E-state index < -0.39 is 16.9 Å². The molecule has 4 N–H and O–H groups in total. The lowest BCUT2D eigenvalue weighted by Crippen LogP contribution is -2.31. The van der Waals surface area contributed by atoms with Gasteiger partial charge >= 0.3 is 0 Å². The Bertz CT molecular complexity index is 987. The van der Waals surface area contributed by atoms with Crippen molar-refractivity contribution < 1.29 is 14.6 Å². The monoisotopic (exact) mass is 372 g/mol. The summed E-state index contributed by atoms with van der Waals surface area (Å²) < 4.78 is 6.59. The summed E-state index contributed by atoms with van der Waals surface area (Å²) in [6.45, 7) is 4.13. The van der Waals surface area contributed by atoms with Crippen molar-refractivity contribution in [2.75, 3.05) is 26.5 Å². The number of fused-ring (bicyclic) bond motifs is 1. The molecular weight excluding hydrogens is 348 g/mol. The molecule has 1 atom stereocenters. The lowest BCUT2D eigenvalue weighted by molar-refractivity contribution is 0.0111. The topological polar surface area (TPSA) is 119 Å². The Morgan fingerprint density at radius 1 is 1.44 bits per heavy atom. The number of nitrogens with zero attached hydrogens (tertiary/aromatic N) is 2. The van der Waals surface area contributed by atoms with Crippen LogP contribution >= 0.6 is 0 Å². The van der Waals surface area contributed by atoms with E-state index in [0.29, 0.717) is 24.3 Å². The largest absolute Gasteiger partial charge is 0.384 e. The molecule has 0 saturated heterocycles. The molecule has 2 aromatic heterocycles. The van der Waals surface area contributed by atoms with Gasteiger partial charge in [-0.25, -0.2) is 4.98 Å². The average molecular weight is 372 g/mol. The first-order chi connectivity index (χ1) is 12.8. The van der Waals surface area contributed by atoms with Crippen LogP contribution in [0.1, 0.15) is 36.3 Å². The van der Waals surface area contributed by atoms with Crippen LogP contribution in [0.4, 0.5) is 5.82 Å².